The summed E-state index contributed by atoms with van der Waals surface area (Å²) in [4.78, 5) is 18.8. The van der Waals surface area contributed by atoms with E-state index >= 15 is 0 Å². The summed E-state index contributed by atoms with van der Waals surface area (Å²) < 4.78 is 0. The largest absolute Gasteiger partial charge is 0.368 e. The topological polar surface area (TPSA) is 77.0 Å². The molecule has 3 aromatic rings. The van der Waals surface area contributed by atoms with Crippen LogP contribution in [0.25, 0.3) is 5.57 Å². The summed E-state index contributed by atoms with van der Waals surface area (Å²) in [5, 5.41) is 4.10. The van der Waals surface area contributed by atoms with E-state index in [1.54, 1.807) is 22.7 Å². The number of aromatic nitrogens is 3. The van der Waals surface area contributed by atoms with Crippen molar-refractivity contribution in [2.45, 2.75) is 0 Å². The lowest BCUT2D eigenvalue weighted by molar-refractivity contribution is 1.05. The van der Waals surface area contributed by atoms with Crippen molar-refractivity contribution in [1.29, 1.82) is 0 Å². The number of anilines is 1. The van der Waals surface area contributed by atoms with Gasteiger partial charge in [-0.3, -0.25) is 0 Å². The zero-order chi connectivity index (χ0) is 15.6. The van der Waals surface area contributed by atoms with Crippen molar-refractivity contribution in [1.82, 2.24) is 15.0 Å². The molecule has 5 nitrogen and oxygen atoms in total. The van der Waals surface area contributed by atoms with Crippen LogP contribution in [0.5, 0.6) is 0 Å². The molecule has 0 atom stereocenters. The first kappa shape index (κ1) is 14.0. The highest BCUT2D eigenvalue weighted by molar-refractivity contribution is 7.12. The van der Waals surface area contributed by atoms with Crippen LogP contribution in [0.15, 0.2) is 64.1 Å². The van der Waals surface area contributed by atoms with Gasteiger partial charge in [0.05, 0.1) is 10.6 Å². The van der Waals surface area contributed by atoms with E-state index in [-0.39, 0.29) is 5.95 Å². The number of hydrogen-bond donors (Lipinski definition) is 1. The van der Waals surface area contributed by atoms with Crippen LogP contribution in [0, 0.1) is 0 Å². The molecule has 4 rings (SSSR count). The Bertz CT molecular complexity index is 921. The number of aliphatic imine (C=N–C) groups is 1. The van der Waals surface area contributed by atoms with Gasteiger partial charge in [0.2, 0.25) is 5.95 Å². The highest BCUT2D eigenvalue weighted by atomic mass is 32.1. The Labute approximate surface area is 140 Å². The van der Waals surface area contributed by atoms with E-state index in [1.165, 1.54) is 22.4 Å². The molecule has 0 fully saturated rings. The molecule has 0 spiro atoms. The van der Waals surface area contributed by atoms with Crippen molar-refractivity contribution in [3.05, 3.63) is 68.8 Å². The molecule has 0 amide bonds. The van der Waals surface area contributed by atoms with Gasteiger partial charge in [-0.05, 0) is 46.2 Å². The predicted molar refractivity (Wildman–Crippen MR) is 95.1 cm³/mol. The van der Waals surface area contributed by atoms with Crippen LogP contribution in [0.3, 0.4) is 0 Å². The van der Waals surface area contributed by atoms with Crippen molar-refractivity contribution in [2.75, 3.05) is 5.73 Å². The van der Waals surface area contributed by atoms with E-state index in [4.69, 9.17) is 5.73 Å². The van der Waals surface area contributed by atoms with E-state index < -0.39 is 0 Å². The maximum atomic E-state index is 5.60. The third-order valence-corrected chi connectivity index (χ3v) is 4.97. The molecule has 0 bridgehead atoms. The minimum atomic E-state index is 0.167. The smallest absolute Gasteiger partial charge is 0.254 e. The maximum Gasteiger partial charge on any atom is 0.254 e. The first-order valence-electron chi connectivity index (χ1n) is 6.84. The Morgan fingerprint density at radius 3 is 2.74 bits per heavy atom. The molecule has 7 heteroatoms. The lowest BCUT2D eigenvalue weighted by Gasteiger charge is -1.98. The summed E-state index contributed by atoms with van der Waals surface area (Å²) in [5.41, 5.74) is 8.87. The van der Waals surface area contributed by atoms with Gasteiger partial charge in [0, 0.05) is 4.88 Å². The molecule has 0 saturated heterocycles. The van der Waals surface area contributed by atoms with E-state index in [2.05, 4.69) is 49.6 Å². The van der Waals surface area contributed by atoms with Gasteiger partial charge in [-0.1, -0.05) is 12.1 Å². The fraction of sp³-hybridized carbons (Fsp3) is 0. The van der Waals surface area contributed by atoms with Crippen molar-refractivity contribution in [2.24, 2.45) is 4.99 Å². The predicted octanol–water partition coefficient (Wildman–Crippen LogP) is 3.72. The summed E-state index contributed by atoms with van der Waals surface area (Å²) in [7, 11) is 0. The monoisotopic (exact) mass is 337 g/mol. The van der Waals surface area contributed by atoms with Crippen LogP contribution in [0.4, 0.5) is 11.9 Å². The average molecular weight is 337 g/mol. The minimum absolute atomic E-state index is 0.167. The number of nitrogens with two attached hydrogens (primary N) is 1. The summed E-state index contributed by atoms with van der Waals surface area (Å²) >= 11 is 3.36. The molecule has 3 heterocycles. The normalized spacial score (nSPS) is 15.7. The van der Waals surface area contributed by atoms with Crippen molar-refractivity contribution >= 4 is 45.9 Å². The van der Waals surface area contributed by atoms with E-state index in [0.29, 0.717) is 5.95 Å². The standard InChI is InChI=1S/C16H11N5S2/c17-15-18-9-19-16(21-15)20-12(14-4-2-6-23-14)8-10-7-11(10)13-3-1-5-22-13/h1-9H,(H2,17,18,19,21)/b10-8+,20-12+. The van der Waals surface area contributed by atoms with Crippen LogP contribution < -0.4 is 5.73 Å². The van der Waals surface area contributed by atoms with Crippen molar-refractivity contribution < 1.29 is 0 Å². The molecule has 1 aliphatic carbocycles. The molecule has 112 valence electrons. The molecule has 0 unspecified atom stereocenters. The lowest BCUT2D eigenvalue weighted by atomic mass is 10.2. The van der Waals surface area contributed by atoms with Crippen LogP contribution in [0.2, 0.25) is 0 Å². The number of allylic oxidation sites excluding steroid dienone is 4. The summed E-state index contributed by atoms with van der Waals surface area (Å²) in [6, 6.07) is 8.19. The van der Waals surface area contributed by atoms with Gasteiger partial charge in [0.25, 0.3) is 5.95 Å². The van der Waals surface area contributed by atoms with Gasteiger partial charge in [-0.2, -0.15) is 9.97 Å². The first-order valence-corrected chi connectivity index (χ1v) is 8.60. The van der Waals surface area contributed by atoms with E-state index in [9.17, 15) is 0 Å². The number of nitrogen functional groups attached to an aromatic ring is 1. The number of nitrogens with zero attached hydrogens (tertiary/aromatic N) is 4. The third-order valence-electron chi connectivity index (χ3n) is 3.18. The van der Waals surface area contributed by atoms with Gasteiger partial charge < -0.3 is 5.73 Å². The Morgan fingerprint density at radius 2 is 2.00 bits per heavy atom. The molecular formula is C16H11N5S2. The molecule has 0 saturated carbocycles. The second-order valence-corrected chi connectivity index (χ2v) is 6.65. The lowest BCUT2D eigenvalue weighted by Crippen LogP contribution is -1.98. The van der Waals surface area contributed by atoms with Crippen molar-refractivity contribution in [3.63, 3.8) is 0 Å². The second-order valence-electron chi connectivity index (χ2n) is 4.75. The van der Waals surface area contributed by atoms with Gasteiger partial charge in [0.1, 0.15) is 6.33 Å². The average Bonchev–Trinajstić information content (AvgIpc) is 3.01. The maximum absolute atomic E-state index is 5.60. The molecule has 3 aromatic heterocycles. The van der Waals surface area contributed by atoms with Gasteiger partial charge in [0.15, 0.2) is 0 Å². The number of rotatable bonds is 4. The van der Waals surface area contributed by atoms with E-state index in [1.807, 2.05) is 17.5 Å². The number of hydrogen-bond acceptors (Lipinski definition) is 7. The first-order chi connectivity index (χ1) is 11.3. The molecule has 23 heavy (non-hydrogen) atoms. The fourth-order valence-corrected chi connectivity index (χ4v) is 3.53. The second kappa shape index (κ2) is 5.86. The zero-order valence-electron chi connectivity index (χ0n) is 11.9. The highest BCUT2D eigenvalue weighted by Gasteiger charge is 2.20. The third kappa shape index (κ3) is 3.10. The molecule has 1 aliphatic rings. The quantitative estimate of drug-likeness (QED) is 0.736. The van der Waals surface area contributed by atoms with Crippen LogP contribution in [0.1, 0.15) is 9.75 Å². The SMILES string of the molecule is Nc1ncnc(/N=C(\C=C2C=C/2c2cccs2)c2cccs2)n1. The zero-order valence-corrected chi connectivity index (χ0v) is 13.5. The molecule has 2 N–H and O–H groups in total. The molecule has 0 aromatic carbocycles. The molecule has 0 aliphatic heterocycles. The van der Waals surface area contributed by atoms with Crippen LogP contribution >= 0.6 is 22.7 Å². The minimum Gasteiger partial charge on any atom is -0.368 e. The summed E-state index contributed by atoms with van der Waals surface area (Å²) in [6.45, 7) is 0. The highest BCUT2D eigenvalue weighted by Crippen LogP contribution is 2.40. The van der Waals surface area contributed by atoms with Gasteiger partial charge in [-0.15, -0.1) is 22.7 Å². The Morgan fingerprint density at radius 1 is 1.13 bits per heavy atom. The Hall–Kier alpha value is -2.64. The summed E-state index contributed by atoms with van der Waals surface area (Å²) in [6.07, 6.45) is 5.57. The molecule has 0 radical (unpaired) electrons. The van der Waals surface area contributed by atoms with Gasteiger partial charge in [-0.25, -0.2) is 9.98 Å². The van der Waals surface area contributed by atoms with Gasteiger partial charge >= 0.3 is 0 Å². The Balaban J connectivity index is 1.68. The molecular weight excluding hydrogens is 326 g/mol. The number of thiophene rings is 2. The Kier molecular flexibility index (Phi) is 3.57. The summed E-state index contributed by atoms with van der Waals surface area (Å²) in [5.74, 6) is 0.483. The van der Waals surface area contributed by atoms with Crippen molar-refractivity contribution in [3.8, 4) is 0 Å². The fourth-order valence-electron chi connectivity index (χ4n) is 2.08. The van der Waals surface area contributed by atoms with E-state index in [0.717, 1.165) is 10.6 Å². The van der Waals surface area contributed by atoms with Crippen LogP contribution in [-0.4, -0.2) is 20.7 Å². The van der Waals surface area contributed by atoms with Crippen LogP contribution in [-0.2, 0) is 0 Å².